The molecule has 10 heavy (non-hydrogen) atoms. The third-order valence-corrected chi connectivity index (χ3v) is 0.734. The molecule has 0 aromatic carbocycles. The Morgan fingerprint density at radius 2 is 2.00 bits per heavy atom. The van der Waals surface area contributed by atoms with Gasteiger partial charge in [0.2, 0.25) is 5.82 Å². The van der Waals surface area contributed by atoms with Crippen molar-refractivity contribution in [2.45, 2.75) is 0 Å². The predicted molar refractivity (Wildman–Crippen MR) is 28.7 cm³/mol. The van der Waals surface area contributed by atoms with Crippen molar-refractivity contribution in [1.82, 2.24) is 20.6 Å². The maximum atomic E-state index is 9.98. The Balaban J connectivity index is 3.15. The minimum atomic E-state index is -0.781. The molecule has 1 aromatic rings. The Kier molecular flexibility index (Phi) is 1.36. The molecule has 0 spiro atoms. The van der Waals surface area contributed by atoms with E-state index in [9.17, 15) is 10.1 Å². The molecular formula is C2H2N6O2. The van der Waals surface area contributed by atoms with Crippen molar-refractivity contribution in [3.8, 4) is 0 Å². The molecule has 8 heteroatoms. The summed E-state index contributed by atoms with van der Waals surface area (Å²) in [5.74, 6) is -0.907. The lowest BCUT2D eigenvalue weighted by molar-refractivity contribution is -0.389. The SMILES string of the molecule is Nc1nnnnc1[N+](=O)[O-]. The molecule has 52 valence electrons. The summed E-state index contributed by atoms with van der Waals surface area (Å²) in [7, 11) is 0. The van der Waals surface area contributed by atoms with Crippen LogP contribution in [0, 0.1) is 10.1 Å². The van der Waals surface area contributed by atoms with Crippen LogP contribution in [0.2, 0.25) is 0 Å². The summed E-state index contributed by atoms with van der Waals surface area (Å²) < 4.78 is 0. The normalized spacial score (nSPS) is 9.20. The number of nitrogens with zero attached hydrogens (tertiary/aromatic N) is 5. The van der Waals surface area contributed by atoms with Crippen LogP contribution in [0.25, 0.3) is 0 Å². The van der Waals surface area contributed by atoms with Crippen molar-refractivity contribution in [1.29, 1.82) is 0 Å². The van der Waals surface area contributed by atoms with Crippen molar-refractivity contribution >= 4 is 11.6 Å². The first-order valence-corrected chi connectivity index (χ1v) is 2.17. The van der Waals surface area contributed by atoms with E-state index in [1.165, 1.54) is 0 Å². The van der Waals surface area contributed by atoms with Gasteiger partial charge in [-0.2, -0.15) is 0 Å². The molecule has 0 amide bonds. The number of nitrogen functional groups attached to an aromatic ring is 1. The van der Waals surface area contributed by atoms with Gasteiger partial charge in [-0.05, 0) is 4.92 Å². The molecule has 0 aliphatic carbocycles. The first-order valence-electron chi connectivity index (χ1n) is 2.17. The van der Waals surface area contributed by atoms with Gasteiger partial charge in [0.15, 0.2) is 0 Å². The van der Waals surface area contributed by atoms with Gasteiger partial charge in [-0.15, -0.1) is 5.10 Å². The molecule has 1 aromatic heterocycles. The van der Waals surface area contributed by atoms with Crippen molar-refractivity contribution in [3.63, 3.8) is 0 Å². The van der Waals surface area contributed by atoms with Crippen LogP contribution in [0.3, 0.4) is 0 Å². The van der Waals surface area contributed by atoms with E-state index in [0.717, 1.165) is 0 Å². The minimum Gasteiger partial charge on any atom is -0.375 e. The fourth-order valence-corrected chi connectivity index (χ4v) is 0.357. The average Bonchev–Trinajstić information content (AvgIpc) is 1.88. The fourth-order valence-electron chi connectivity index (χ4n) is 0.357. The Labute approximate surface area is 54.2 Å². The maximum absolute atomic E-state index is 9.98. The molecule has 0 bridgehead atoms. The molecule has 0 atom stereocenters. The number of hydrogen-bond acceptors (Lipinski definition) is 7. The summed E-state index contributed by atoms with van der Waals surface area (Å²) in [6, 6.07) is 0. The standard InChI is InChI=1S/C2H2N6O2/c3-1-2(8(9)10)5-7-6-4-1/h(H2,3,4,7). The highest BCUT2D eigenvalue weighted by atomic mass is 16.6. The van der Waals surface area contributed by atoms with Gasteiger partial charge in [-0.1, -0.05) is 0 Å². The van der Waals surface area contributed by atoms with Crippen LogP contribution in [0.15, 0.2) is 0 Å². The van der Waals surface area contributed by atoms with Crippen LogP contribution in [-0.2, 0) is 0 Å². The third-order valence-electron chi connectivity index (χ3n) is 0.734. The molecule has 0 saturated heterocycles. The largest absolute Gasteiger partial charge is 0.436 e. The molecule has 0 radical (unpaired) electrons. The average molecular weight is 142 g/mol. The summed E-state index contributed by atoms with van der Waals surface area (Å²) >= 11 is 0. The molecule has 0 unspecified atom stereocenters. The molecule has 0 fully saturated rings. The van der Waals surface area contributed by atoms with Crippen LogP contribution in [0.4, 0.5) is 11.6 Å². The Hall–Kier alpha value is -1.86. The second kappa shape index (κ2) is 2.17. The highest BCUT2D eigenvalue weighted by Crippen LogP contribution is 2.09. The Morgan fingerprint density at radius 3 is 2.40 bits per heavy atom. The lowest BCUT2D eigenvalue weighted by atomic mass is 10.7. The molecule has 8 nitrogen and oxygen atoms in total. The monoisotopic (exact) mass is 142 g/mol. The number of nitro groups is 1. The van der Waals surface area contributed by atoms with Gasteiger partial charge in [0.1, 0.15) is 5.10 Å². The van der Waals surface area contributed by atoms with Crippen molar-refractivity contribution in [2.24, 2.45) is 0 Å². The summed E-state index contributed by atoms with van der Waals surface area (Å²) in [5, 5.41) is 22.0. The zero-order valence-electron chi connectivity index (χ0n) is 4.63. The summed E-state index contributed by atoms with van der Waals surface area (Å²) in [6.45, 7) is 0. The lowest BCUT2D eigenvalue weighted by Gasteiger charge is -1.89. The van der Waals surface area contributed by atoms with Gasteiger partial charge < -0.3 is 15.8 Å². The number of rotatable bonds is 1. The minimum absolute atomic E-state index is 0.333. The number of anilines is 1. The highest BCUT2D eigenvalue weighted by Gasteiger charge is 2.14. The smallest absolute Gasteiger partial charge is 0.375 e. The van der Waals surface area contributed by atoms with Crippen molar-refractivity contribution < 1.29 is 4.92 Å². The van der Waals surface area contributed by atoms with Crippen LogP contribution >= 0.6 is 0 Å². The van der Waals surface area contributed by atoms with E-state index < -0.39 is 10.7 Å². The molecule has 0 aliphatic heterocycles. The Morgan fingerprint density at radius 1 is 1.40 bits per heavy atom. The summed E-state index contributed by atoms with van der Waals surface area (Å²) in [5.41, 5.74) is 5.00. The van der Waals surface area contributed by atoms with Gasteiger partial charge in [0.05, 0.1) is 5.21 Å². The van der Waals surface area contributed by atoms with Crippen LogP contribution in [0.5, 0.6) is 0 Å². The van der Waals surface area contributed by atoms with E-state index in [-0.39, 0.29) is 5.82 Å². The molecule has 0 saturated carbocycles. The van der Waals surface area contributed by atoms with E-state index in [1.807, 2.05) is 0 Å². The van der Waals surface area contributed by atoms with E-state index >= 15 is 0 Å². The number of nitrogens with two attached hydrogens (primary N) is 1. The molecule has 0 aliphatic rings. The van der Waals surface area contributed by atoms with Crippen molar-refractivity contribution in [3.05, 3.63) is 10.1 Å². The van der Waals surface area contributed by atoms with Crippen molar-refractivity contribution in [2.75, 3.05) is 5.73 Å². The lowest BCUT2D eigenvalue weighted by Crippen LogP contribution is -2.04. The van der Waals surface area contributed by atoms with E-state index in [0.29, 0.717) is 0 Å². The van der Waals surface area contributed by atoms with E-state index in [1.54, 1.807) is 0 Å². The van der Waals surface area contributed by atoms with Gasteiger partial charge >= 0.3 is 5.82 Å². The van der Waals surface area contributed by atoms with E-state index in [2.05, 4.69) is 20.6 Å². The zero-order valence-corrected chi connectivity index (χ0v) is 4.63. The summed E-state index contributed by atoms with van der Waals surface area (Å²) in [4.78, 5) is 9.20. The predicted octanol–water partition coefficient (Wildman–Crippen LogP) is -1.24. The second-order valence-electron chi connectivity index (χ2n) is 1.34. The van der Waals surface area contributed by atoms with Gasteiger partial charge in [-0.3, -0.25) is 0 Å². The van der Waals surface area contributed by atoms with Gasteiger partial charge in [0, 0.05) is 5.21 Å². The zero-order chi connectivity index (χ0) is 7.56. The highest BCUT2D eigenvalue weighted by molar-refractivity contribution is 5.42. The van der Waals surface area contributed by atoms with Crippen LogP contribution < -0.4 is 5.73 Å². The number of aromatic nitrogens is 4. The number of hydrogen-bond donors (Lipinski definition) is 1. The van der Waals surface area contributed by atoms with E-state index in [4.69, 9.17) is 5.73 Å². The molecule has 2 N–H and O–H groups in total. The first-order chi connectivity index (χ1) is 4.72. The van der Waals surface area contributed by atoms with Crippen LogP contribution in [0.1, 0.15) is 0 Å². The Bertz CT molecular complexity index is 260. The first kappa shape index (κ1) is 6.26. The molecule has 1 heterocycles. The van der Waals surface area contributed by atoms with Gasteiger partial charge in [0.25, 0.3) is 0 Å². The topological polar surface area (TPSA) is 121 Å². The van der Waals surface area contributed by atoms with Gasteiger partial charge in [-0.25, -0.2) is 0 Å². The fraction of sp³-hybridized carbons (Fsp3) is 0. The second-order valence-corrected chi connectivity index (χ2v) is 1.34. The summed E-state index contributed by atoms with van der Waals surface area (Å²) in [6.07, 6.45) is 0. The molecule has 1 rings (SSSR count). The quantitative estimate of drug-likeness (QED) is 0.384. The third kappa shape index (κ3) is 0.940. The van der Waals surface area contributed by atoms with Crippen LogP contribution in [-0.4, -0.2) is 25.5 Å². The molecular weight excluding hydrogens is 140 g/mol. The maximum Gasteiger partial charge on any atom is 0.436 e.